The van der Waals surface area contributed by atoms with Gasteiger partial charge in [-0.05, 0) is 6.07 Å². The molecule has 0 atom stereocenters. The van der Waals surface area contributed by atoms with Gasteiger partial charge in [0.1, 0.15) is 11.5 Å². The first-order valence-electron chi connectivity index (χ1n) is 5.43. The van der Waals surface area contributed by atoms with Crippen LogP contribution in [0.1, 0.15) is 12.0 Å². The zero-order valence-electron chi connectivity index (χ0n) is 10.0. The summed E-state index contributed by atoms with van der Waals surface area (Å²) in [4.78, 5) is 0. The van der Waals surface area contributed by atoms with E-state index in [1.54, 1.807) is 14.2 Å². The fourth-order valence-corrected chi connectivity index (χ4v) is 2.09. The number of ether oxygens (including phenoxy) is 3. The largest absolute Gasteiger partial charge is 0.497 e. The Bertz CT molecular complexity index is 446. The van der Waals surface area contributed by atoms with Crippen LogP contribution in [0.5, 0.6) is 11.5 Å². The summed E-state index contributed by atoms with van der Waals surface area (Å²) in [7, 11) is 3.24. The minimum absolute atomic E-state index is 0.216. The molecule has 0 bridgehead atoms. The first kappa shape index (κ1) is 11.7. The highest BCUT2D eigenvalue weighted by atomic mass is 16.5. The Morgan fingerprint density at radius 2 is 2.12 bits per heavy atom. The van der Waals surface area contributed by atoms with Gasteiger partial charge in [-0.1, -0.05) is 6.07 Å². The summed E-state index contributed by atoms with van der Waals surface area (Å²) in [5.74, 6) is 1.50. The van der Waals surface area contributed by atoms with Gasteiger partial charge in [-0.3, -0.25) is 0 Å². The van der Waals surface area contributed by atoms with E-state index >= 15 is 0 Å². The van der Waals surface area contributed by atoms with E-state index in [1.807, 2.05) is 18.2 Å². The molecule has 17 heavy (non-hydrogen) atoms. The molecule has 0 N–H and O–H groups in total. The van der Waals surface area contributed by atoms with Crippen molar-refractivity contribution in [1.29, 1.82) is 5.26 Å². The van der Waals surface area contributed by atoms with Crippen molar-refractivity contribution in [2.24, 2.45) is 0 Å². The van der Waals surface area contributed by atoms with Crippen LogP contribution in [0, 0.1) is 11.3 Å². The predicted molar refractivity (Wildman–Crippen MR) is 62.3 cm³/mol. The third kappa shape index (κ3) is 1.94. The standard InChI is InChI=1S/C13H15NO3/c1-15-10-3-4-11(12(7-10)16-2)13(5-6-14)8-17-9-13/h3-4,7H,5,8-9H2,1-2H3. The highest BCUT2D eigenvalue weighted by Gasteiger charge is 2.42. The van der Waals surface area contributed by atoms with Crippen LogP contribution in [-0.2, 0) is 10.2 Å². The van der Waals surface area contributed by atoms with Crippen molar-refractivity contribution in [1.82, 2.24) is 0 Å². The van der Waals surface area contributed by atoms with Gasteiger partial charge in [0.25, 0.3) is 0 Å². The van der Waals surface area contributed by atoms with E-state index in [2.05, 4.69) is 6.07 Å². The summed E-state index contributed by atoms with van der Waals surface area (Å²) >= 11 is 0. The van der Waals surface area contributed by atoms with Crippen molar-refractivity contribution in [3.8, 4) is 17.6 Å². The van der Waals surface area contributed by atoms with E-state index in [1.165, 1.54) is 0 Å². The quantitative estimate of drug-likeness (QED) is 0.796. The molecule has 0 radical (unpaired) electrons. The topological polar surface area (TPSA) is 51.5 Å². The Hall–Kier alpha value is -1.73. The van der Waals surface area contributed by atoms with Crippen molar-refractivity contribution in [3.63, 3.8) is 0 Å². The smallest absolute Gasteiger partial charge is 0.126 e. The minimum atomic E-state index is -0.216. The molecule has 1 aliphatic heterocycles. The second-order valence-electron chi connectivity index (χ2n) is 4.17. The summed E-state index contributed by atoms with van der Waals surface area (Å²) in [6.45, 7) is 1.15. The van der Waals surface area contributed by atoms with Gasteiger partial charge in [0, 0.05) is 18.1 Å². The molecule has 2 rings (SSSR count). The third-order valence-electron chi connectivity index (χ3n) is 3.15. The molecule has 0 spiro atoms. The van der Waals surface area contributed by atoms with Gasteiger partial charge < -0.3 is 14.2 Å². The lowest BCUT2D eigenvalue weighted by atomic mass is 9.76. The van der Waals surface area contributed by atoms with Crippen molar-refractivity contribution < 1.29 is 14.2 Å². The average Bonchev–Trinajstić information content (AvgIpc) is 2.33. The number of rotatable bonds is 4. The van der Waals surface area contributed by atoms with Crippen LogP contribution in [0.2, 0.25) is 0 Å². The number of nitrogens with zero attached hydrogens (tertiary/aromatic N) is 1. The molecular weight excluding hydrogens is 218 g/mol. The monoisotopic (exact) mass is 233 g/mol. The molecule has 1 saturated heterocycles. The summed E-state index contributed by atoms with van der Waals surface area (Å²) in [6.07, 6.45) is 0.440. The van der Waals surface area contributed by atoms with Crippen LogP contribution in [-0.4, -0.2) is 27.4 Å². The zero-order chi connectivity index (χ0) is 12.3. The fraction of sp³-hybridized carbons (Fsp3) is 0.462. The molecule has 1 heterocycles. The lowest BCUT2D eigenvalue weighted by Crippen LogP contribution is -2.46. The summed E-state index contributed by atoms with van der Waals surface area (Å²) in [6, 6.07) is 7.90. The second-order valence-corrected chi connectivity index (χ2v) is 4.17. The van der Waals surface area contributed by atoms with Crippen LogP contribution in [0.25, 0.3) is 0 Å². The number of nitriles is 1. The van der Waals surface area contributed by atoms with Gasteiger partial charge in [-0.2, -0.15) is 5.26 Å². The maximum absolute atomic E-state index is 8.92. The molecule has 4 nitrogen and oxygen atoms in total. The fourth-order valence-electron chi connectivity index (χ4n) is 2.09. The van der Waals surface area contributed by atoms with Crippen LogP contribution >= 0.6 is 0 Å². The number of benzene rings is 1. The van der Waals surface area contributed by atoms with Gasteiger partial charge >= 0.3 is 0 Å². The van der Waals surface area contributed by atoms with Gasteiger partial charge in [0.05, 0.1) is 38.9 Å². The first-order valence-corrected chi connectivity index (χ1v) is 5.43. The lowest BCUT2D eigenvalue weighted by Gasteiger charge is -2.40. The highest BCUT2D eigenvalue weighted by molar-refractivity contribution is 5.46. The molecule has 0 amide bonds. The van der Waals surface area contributed by atoms with E-state index in [0.717, 1.165) is 17.1 Å². The maximum Gasteiger partial charge on any atom is 0.126 e. The molecule has 0 unspecified atom stereocenters. The summed E-state index contributed by atoms with van der Waals surface area (Å²) in [5, 5.41) is 8.92. The second kappa shape index (κ2) is 4.64. The van der Waals surface area contributed by atoms with Gasteiger partial charge in [0.2, 0.25) is 0 Å². The van der Waals surface area contributed by atoms with E-state index in [4.69, 9.17) is 19.5 Å². The normalized spacial score (nSPS) is 16.8. The van der Waals surface area contributed by atoms with Gasteiger partial charge in [-0.25, -0.2) is 0 Å². The third-order valence-corrected chi connectivity index (χ3v) is 3.15. The van der Waals surface area contributed by atoms with Gasteiger partial charge in [-0.15, -0.1) is 0 Å². The SMILES string of the molecule is COc1ccc(C2(CC#N)COC2)c(OC)c1. The Morgan fingerprint density at radius 3 is 2.59 bits per heavy atom. The van der Waals surface area contributed by atoms with Crippen LogP contribution < -0.4 is 9.47 Å². The van der Waals surface area contributed by atoms with Crippen LogP contribution in [0.15, 0.2) is 18.2 Å². The van der Waals surface area contributed by atoms with E-state index in [0.29, 0.717) is 19.6 Å². The van der Waals surface area contributed by atoms with Crippen molar-refractivity contribution in [2.45, 2.75) is 11.8 Å². The number of hydrogen-bond acceptors (Lipinski definition) is 4. The summed E-state index contributed by atoms with van der Waals surface area (Å²) in [5.41, 5.74) is 0.806. The molecule has 90 valence electrons. The molecular formula is C13H15NO3. The Labute approximate surface area is 101 Å². The Kier molecular flexibility index (Phi) is 3.21. The molecule has 1 aliphatic rings. The molecule has 4 heteroatoms. The number of hydrogen-bond donors (Lipinski definition) is 0. The van der Waals surface area contributed by atoms with Crippen LogP contribution in [0.3, 0.4) is 0 Å². The molecule has 1 aromatic carbocycles. The molecule has 0 aromatic heterocycles. The van der Waals surface area contributed by atoms with Crippen molar-refractivity contribution in [2.75, 3.05) is 27.4 Å². The van der Waals surface area contributed by atoms with Gasteiger partial charge in [0.15, 0.2) is 0 Å². The predicted octanol–water partition coefficient (Wildman–Crippen LogP) is 1.89. The maximum atomic E-state index is 8.92. The molecule has 1 fully saturated rings. The zero-order valence-corrected chi connectivity index (χ0v) is 10.0. The minimum Gasteiger partial charge on any atom is -0.497 e. The van der Waals surface area contributed by atoms with Crippen LogP contribution in [0.4, 0.5) is 0 Å². The summed E-state index contributed by atoms with van der Waals surface area (Å²) < 4.78 is 15.8. The molecule has 1 aromatic rings. The lowest BCUT2D eigenvalue weighted by molar-refractivity contribution is -0.0586. The van der Waals surface area contributed by atoms with E-state index < -0.39 is 0 Å². The molecule has 0 aliphatic carbocycles. The van der Waals surface area contributed by atoms with E-state index in [-0.39, 0.29) is 5.41 Å². The van der Waals surface area contributed by atoms with E-state index in [9.17, 15) is 0 Å². The molecule has 0 saturated carbocycles. The van der Waals surface area contributed by atoms with Crippen molar-refractivity contribution >= 4 is 0 Å². The highest BCUT2D eigenvalue weighted by Crippen LogP contribution is 2.41. The Balaban J connectivity index is 2.40. The average molecular weight is 233 g/mol. The first-order chi connectivity index (χ1) is 8.25. The number of methoxy groups -OCH3 is 2. The Morgan fingerprint density at radius 1 is 1.35 bits per heavy atom. The van der Waals surface area contributed by atoms with Crippen molar-refractivity contribution in [3.05, 3.63) is 23.8 Å².